The minimum Gasteiger partial charge on any atom is -0.485 e. The van der Waals surface area contributed by atoms with Crippen LogP contribution >= 0.6 is 0 Å². The molecule has 1 aromatic rings. The number of hydrogen-bond donors (Lipinski definition) is 3. The van der Waals surface area contributed by atoms with E-state index in [0.29, 0.717) is 37.7 Å². The molecule has 4 amide bonds. The van der Waals surface area contributed by atoms with Crippen molar-refractivity contribution in [3.8, 4) is 11.5 Å². The second-order valence-corrected chi connectivity index (χ2v) is 7.41. The fourth-order valence-corrected chi connectivity index (χ4v) is 3.41. The molecule has 9 nitrogen and oxygen atoms in total. The van der Waals surface area contributed by atoms with Crippen molar-refractivity contribution in [2.75, 3.05) is 39.3 Å². The van der Waals surface area contributed by atoms with Gasteiger partial charge in [0.05, 0.1) is 26.2 Å². The number of piperazine rings is 1. The number of rotatable bonds is 4. The Kier molecular flexibility index (Phi) is 5.34. The highest BCUT2D eigenvalue weighted by Gasteiger charge is 2.34. The third-order valence-corrected chi connectivity index (χ3v) is 5.14. The van der Waals surface area contributed by atoms with Gasteiger partial charge in [0.15, 0.2) is 18.0 Å². The molecule has 9 heteroatoms. The SMILES string of the molecule is O=C(C[NH+]1CCN(C(=O)[C@@H]2COc3ccccc3O2)CC1)NC(=O)NC1CC1. The number of hydrogen-bond acceptors (Lipinski definition) is 5. The fourth-order valence-electron chi connectivity index (χ4n) is 3.41. The van der Waals surface area contributed by atoms with Crippen LogP contribution in [0.3, 0.4) is 0 Å². The molecule has 2 heterocycles. The molecular formula is C19H25N4O5+. The quantitative estimate of drug-likeness (QED) is 0.585. The van der Waals surface area contributed by atoms with Crippen LogP contribution in [0.25, 0.3) is 0 Å². The second-order valence-electron chi connectivity index (χ2n) is 7.41. The number of imide groups is 1. The van der Waals surface area contributed by atoms with Crippen molar-refractivity contribution < 1.29 is 28.8 Å². The van der Waals surface area contributed by atoms with Crippen LogP contribution in [-0.2, 0) is 9.59 Å². The molecule has 0 spiro atoms. The molecule has 150 valence electrons. The molecule has 0 unspecified atom stereocenters. The maximum Gasteiger partial charge on any atom is 0.321 e. The molecule has 1 aliphatic carbocycles. The number of benzene rings is 1. The summed E-state index contributed by atoms with van der Waals surface area (Å²) in [6, 6.07) is 7.09. The Bertz CT molecular complexity index is 758. The molecule has 0 bridgehead atoms. The molecule has 2 fully saturated rings. The summed E-state index contributed by atoms with van der Waals surface area (Å²) in [5.74, 6) is 0.838. The van der Waals surface area contributed by atoms with Gasteiger partial charge in [-0.05, 0) is 25.0 Å². The summed E-state index contributed by atoms with van der Waals surface area (Å²) in [5, 5.41) is 5.10. The summed E-state index contributed by atoms with van der Waals surface area (Å²) in [7, 11) is 0. The number of nitrogens with one attached hydrogen (secondary N) is 3. The van der Waals surface area contributed by atoms with E-state index in [9.17, 15) is 14.4 Å². The first-order valence-electron chi connectivity index (χ1n) is 9.69. The Morgan fingerprint density at radius 2 is 1.82 bits per heavy atom. The first-order chi connectivity index (χ1) is 13.6. The maximum atomic E-state index is 12.7. The lowest BCUT2D eigenvalue weighted by Crippen LogP contribution is -3.16. The molecule has 4 rings (SSSR count). The van der Waals surface area contributed by atoms with E-state index in [1.165, 1.54) is 0 Å². The number of carbonyl (C=O) groups is 3. The number of para-hydroxylation sites is 2. The van der Waals surface area contributed by atoms with Crippen molar-refractivity contribution >= 4 is 17.8 Å². The van der Waals surface area contributed by atoms with Crippen molar-refractivity contribution in [3.05, 3.63) is 24.3 Å². The Hall–Kier alpha value is -2.81. The number of fused-ring (bicyclic) bond motifs is 1. The summed E-state index contributed by atoms with van der Waals surface area (Å²) in [4.78, 5) is 39.1. The number of nitrogens with zero attached hydrogens (tertiary/aromatic N) is 1. The molecule has 0 radical (unpaired) electrons. The van der Waals surface area contributed by atoms with Crippen LogP contribution in [0.15, 0.2) is 24.3 Å². The van der Waals surface area contributed by atoms with Crippen molar-refractivity contribution in [1.29, 1.82) is 0 Å². The number of ether oxygens (including phenoxy) is 2. The summed E-state index contributed by atoms with van der Waals surface area (Å²) in [6.07, 6.45) is 1.31. The summed E-state index contributed by atoms with van der Waals surface area (Å²) in [6.45, 7) is 2.79. The number of carbonyl (C=O) groups excluding carboxylic acids is 3. The highest BCUT2D eigenvalue weighted by atomic mass is 16.6. The summed E-state index contributed by atoms with van der Waals surface area (Å²) >= 11 is 0. The maximum absolute atomic E-state index is 12.7. The van der Waals surface area contributed by atoms with Crippen LogP contribution in [0, 0.1) is 0 Å². The minimum absolute atomic E-state index is 0.0955. The van der Waals surface area contributed by atoms with Gasteiger partial charge in [0.2, 0.25) is 6.10 Å². The van der Waals surface area contributed by atoms with E-state index in [1.807, 2.05) is 18.2 Å². The van der Waals surface area contributed by atoms with E-state index < -0.39 is 12.1 Å². The average molecular weight is 389 g/mol. The smallest absolute Gasteiger partial charge is 0.321 e. The Morgan fingerprint density at radius 1 is 1.11 bits per heavy atom. The van der Waals surface area contributed by atoms with E-state index in [2.05, 4.69) is 10.6 Å². The van der Waals surface area contributed by atoms with Gasteiger partial charge in [-0.15, -0.1) is 0 Å². The van der Waals surface area contributed by atoms with Gasteiger partial charge < -0.3 is 24.6 Å². The van der Waals surface area contributed by atoms with Crippen LogP contribution in [0.5, 0.6) is 11.5 Å². The molecule has 1 atom stereocenters. The third kappa shape index (κ3) is 4.53. The molecule has 1 saturated heterocycles. The van der Waals surface area contributed by atoms with Gasteiger partial charge in [-0.25, -0.2) is 4.79 Å². The van der Waals surface area contributed by atoms with Crippen LogP contribution in [0.1, 0.15) is 12.8 Å². The van der Waals surface area contributed by atoms with Gasteiger partial charge in [0, 0.05) is 6.04 Å². The molecule has 28 heavy (non-hydrogen) atoms. The Morgan fingerprint density at radius 3 is 2.54 bits per heavy atom. The monoisotopic (exact) mass is 389 g/mol. The first-order valence-corrected chi connectivity index (χ1v) is 9.69. The normalized spacial score (nSPS) is 21.7. The van der Waals surface area contributed by atoms with Crippen molar-refractivity contribution in [2.24, 2.45) is 0 Å². The minimum atomic E-state index is -0.647. The molecule has 0 aromatic heterocycles. The standard InChI is InChI=1S/C19H24N4O5/c24-17(21-19(26)20-13-5-6-13)11-22-7-9-23(10-8-22)18(25)16-12-27-14-3-1-2-4-15(14)28-16/h1-4,13,16H,5-12H2,(H2,20,21,24,26)/p+1/t16-/m0/s1. The molecule has 3 N–H and O–H groups in total. The predicted molar refractivity (Wildman–Crippen MR) is 98.2 cm³/mol. The van der Waals surface area contributed by atoms with Crippen molar-refractivity contribution in [3.63, 3.8) is 0 Å². The van der Waals surface area contributed by atoms with Gasteiger partial charge in [-0.3, -0.25) is 14.9 Å². The zero-order chi connectivity index (χ0) is 19.5. The largest absolute Gasteiger partial charge is 0.485 e. The molecular weight excluding hydrogens is 364 g/mol. The van der Waals surface area contributed by atoms with Crippen LogP contribution < -0.4 is 25.0 Å². The number of quaternary nitrogens is 1. The first kappa shape index (κ1) is 18.5. The number of urea groups is 1. The Labute approximate surface area is 162 Å². The van der Waals surface area contributed by atoms with E-state index in [4.69, 9.17) is 9.47 Å². The van der Waals surface area contributed by atoms with Crippen LogP contribution in [0.2, 0.25) is 0 Å². The lowest BCUT2D eigenvalue weighted by atomic mass is 10.2. The molecule has 2 aliphatic heterocycles. The highest BCUT2D eigenvalue weighted by molar-refractivity contribution is 5.94. The van der Waals surface area contributed by atoms with Gasteiger partial charge in [-0.1, -0.05) is 12.1 Å². The number of amides is 4. The zero-order valence-electron chi connectivity index (χ0n) is 15.6. The van der Waals surface area contributed by atoms with E-state index >= 15 is 0 Å². The highest BCUT2D eigenvalue weighted by Crippen LogP contribution is 2.31. The fraction of sp³-hybridized carbons (Fsp3) is 0.526. The molecule has 1 aromatic carbocycles. The predicted octanol–water partition coefficient (Wildman–Crippen LogP) is -1.46. The summed E-state index contributed by atoms with van der Waals surface area (Å²) < 4.78 is 11.4. The van der Waals surface area contributed by atoms with E-state index in [0.717, 1.165) is 17.7 Å². The van der Waals surface area contributed by atoms with E-state index in [1.54, 1.807) is 11.0 Å². The van der Waals surface area contributed by atoms with Gasteiger partial charge in [0.1, 0.15) is 6.61 Å². The van der Waals surface area contributed by atoms with Crippen LogP contribution in [-0.4, -0.2) is 74.2 Å². The van der Waals surface area contributed by atoms with Crippen LogP contribution in [0.4, 0.5) is 4.79 Å². The lowest BCUT2D eigenvalue weighted by molar-refractivity contribution is -0.896. The topological polar surface area (TPSA) is 101 Å². The molecule has 3 aliphatic rings. The average Bonchev–Trinajstić information content (AvgIpc) is 3.51. The van der Waals surface area contributed by atoms with Crippen molar-refractivity contribution in [1.82, 2.24) is 15.5 Å². The third-order valence-electron chi connectivity index (χ3n) is 5.14. The van der Waals surface area contributed by atoms with E-state index in [-0.39, 0.29) is 31.0 Å². The van der Waals surface area contributed by atoms with Crippen molar-refractivity contribution in [2.45, 2.75) is 25.0 Å². The van der Waals surface area contributed by atoms with Gasteiger partial charge >= 0.3 is 6.03 Å². The Balaban J connectivity index is 1.21. The zero-order valence-corrected chi connectivity index (χ0v) is 15.6. The van der Waals surface area contributed by atoms with Gasteiger partial charge in [0.25, 0.3) is 11.8 Å². The second kappa shape index (κ2) is 8.05. The molecule has 1 saturated carbocycles. The summed E-state index contributed by atoms with van der Waals surface area (Å²) in [5.41, 5.74) is 0. The lowest BCUT2D eigenvalue weighted by Gasteiger charge is -2.35. The van der Waals surface area contributed by atoms with Gasteiger partial charge in [-0.2, -0.15) is 0 Å².